The highest BCUT2D eigenvalue weighted by atomic mass is 14.9. The second kappa shape index (κ2) is 6.01. The van der Waals surface area contributed by atoms with Crippen molar-refractivity contribution >= 4 is 11.9 Å². The standard InChI is InChI=1S/C16H18N2/c1-13-10-16(9-8-15(13)12-17-2)18-11-14-6-4-3-5-7-14/h3-10,12,18H,11H2,1-2H3. The summed E-state index contributed by atoms with van der Waals surface area (Å²) in [5.74, 6) is 0. The van der Waals surface area contributed by atoms with Crippen molar-refractivity contribution < 1.29 is 0 Å². The van der Waals surface area contributed by atoms with Crippen LogP contribution >= 0.6 is 0 Å². The van der Waals surface area contributed by atoms with E-state index in [2.05, 4.69) is 59.7 Å². The highest BCUT2D eigenvalue weighted by Crippen LogP contribution is 2.14. The summed E-state index contributed by atoms with van der Waals surface area (Å²) >= 11 is 0. The molecule has 0 aliphatic heterocycles. The zero-order valence-electron chi connectivity index (χ0n) is 10.9. The van der Waals surface area contributed by atoms with E-state index in [-0.39, 0.29) is 0 Å². The lowest BCUT2D eigenvalue weighted by Gasteiger charge is -2.08. The van der Waals surface area contributed by atoms with Crippen molar-refractivity contribution in [1.82, 2.24) is 0 Å². The summed E-state index contributed by atoms with van der Waals surface area (Å²) in [5.41, 5.74) is 4.83. The molecule has 0 heterocycles. The number of hydrogen-bond donors (Lipinski definition) is 1. The van der Waals surface area contributed by atoms with Gasteiger partial charge in [0.25, 0.3) is 0 Å². The van der Waals surface area contributed by atoms with E-state index in [4.69, 9.17) is 0 Å². The highest BCUT2D eigenvalue weighted by molar-refractivity contribution is 5.82. The van der Waals surface area contributed by atoms with Gasteiger partial charge in [-0.25, -0.2) is 0 Å². The first-order chi connectivity index (χ1) is 8.79. The SMILES string of the molecule is CN=Cc1ccc(NCc2ccccc2)cc1C. The Hall–Kier alpha value is -2.09. The predicted molar refractivity (Wildman–Crippen MR) is 78.5 cm³/mol. The van der Waals surface area contributed by atoms with E-state index >= 15 is 0 Å². The lowest BCUT2D eigenvalue weighted by Crippen LogP contribution is -2.00. The van der Waals surface area contributed by atoms with Gasteiger partial charge in [0.05, 0.1) is 0 Å². The number of nitrogens with zero attached hydrogens (tertiary/aromatic N) is 1. The molecule has 0 saturated carbocycles. The van der Waals surface area contributed by atoms with Crippen LogP contribution < -0.4 is 5.32 Å². The van der Waals surface area contributed by atoms with Gasteiger partial charge in [0.15, 0.2) is 0 Å². The van der Waals surface area contributed by atoms with Gasteiger partial charge in [-0.1, -0.05) is 36.4 Å². The van der Waals surface area contributed by atoms with E-state index in [0.29, 0.717) is 0 Å². The van der Waals surface area contributed by atoms with Crippen LogP contribution in [0.4, 0.5) is 5.69 Å². The fourth-order valence-corrected chi connectivity index (χ4v) is 1.87. The molecule has 1 N–H and O–H groups in total. The maximum Gasteiger partial charge on any atom is 0.0400 e. The third-order valence-electron chi connectivity index (χ3n) is 2.88. The molecular weight excluding hydrogens is 220 g/mol. The molecule has 2 aromatic rings. The molecule has 0 fully saturated rings. The third kappa shape index (κ3) is 3.20. The molecule has 0 aliphatic carbocycles. The zero-order chi connectivity index (χ0) is 12.8. The second-order valence-corrected chi connectivity index (χ2v) is 4.30. The van der Waals surface area contributed by atoms with Crippen LogP contribution in [0.25, 0.3) is 0 Å². The van der Waals surface area contributed by atoms with Gasteiger partial charge in [-0.2, -0.15) is 0 Å². The van der Waals surface area contributed by atoms with Crippen molar-refractivity contribution in [2.45, 2.75) is 13.5 Å². The van der Waals surface area contributed by atoms with Crippen molar-refractivity contribution in [3.05, 3.63) is 65.2 Å². The molecule has 0 saturated heterocycles. The van der Waals surface area contributed by atoms with Gasteiger partial charge in [0.1, 0.15) is 0 Å². The van der Waals surface area contributed by atoms with E-state index in [1.165, 1.54) is 16.7 Å². The summed E-state index contributed by atoms with van der Waals surface area (Å²) in [4.78, 5) is 4.04. The second-order valence-electron chi connectivity index (χ2n) is 4.30. The summed E-state index contributed by atoms with van der Waals surface area (Å²) < 4.78 is 0. The molecule has 2 heteroatoms. The van der Waals surface area contributed by atoms with E-state index < -0.39 is 0 Å². The van der Waals surface area contributed by atoms with Crippen molar-refractivity contribution in [2.24, 2.45) is 4.99 Å². The van der Waals surface area contributed by atoms with Crippen LogP contribution in [0.2, 0.25) is 0 Å². The van der Waals surface area contributed by atoms with Crippen LogP contribution in [0.1, 0.15) is 16.7 Å². The van der Waals surface area contributed by atoms with E-state index in [1.54, 1.807) is 7.05 Å². The summed E-state index contributed by atoms with van der Waals surface area (Å²) in [6.45, 7) is 2.95. The number of hydrogen-bond acceptors (Lipinski definition) is 2. The maximum absolute atomic E-state index is 4.04. The maximum atomic E-state index is 4.04. The molecular formula is C16H18N2. The Kier molecular flexibility index (Phi) is 4.13. The predicted octanol–water partition coefficient (Wildman–Crippen LogP) is 3.66. The first-order valence-corrected chi connectivity index (χ1v) is 6.10. The smallest absolute Gasteiger partial charge is 0.0400 e. The number of aliphatic imine (C=N–C) groups is 1. The average molecular weight is 238 g/mol. The van der Waals surface area contributed by atoms with E-state index in [1.807, 2.05) is 12.3 Å². The number of benzene rings is 2. The molecule has 0 aromatic heterocycles. The molecule has 2 nitrogen and oxygen atoms in total. The van der Waals surface area contributed by atoms with Gasteiger partial charge < -0.3 is 5.32 Å². The Balaban J connectivity index is 2.04. The monoisotopic (exact) mass is 238 g/mol. The Labute approximate surface area is 108 Å². The number of nitrogens with one attached hydrogen (secondary N) is 1. The quantitative estimate of drug-likeness (QED) is 0.808. The number of anilines is 1. The van der Waals surface area contributed by atoms with Gasteiger partial charge in [0.2, 0.25) is 0 Å². The number of aryl methyl sites for hydroxylation is 1. The van der Waals surface area contributed by atoms with Gasteiger partial charge in [0, 0.05) is 25.5 Å². The van der Waals surface area contributed by atoms with Crippen LogP contribution in [0, 0.1) is 6.92 Å². The van der Waals surface area contributed by atoms with Crippen molar-refractivity contribution in [1.29, 1.82) is 0 Å². The lowest BCUT2D eigenvalue weighted by atomic mass is 10.1. The Bertz CT molecular complexity index is 530. The minimum absolute atomic E-state index is 0.849. The molecule has 0 radical (unpaired) electrons. The molecule has 18 heavy (non-hydrogen) atoms. The topological polar surface area (TPSA) is 24.4 Å². The van der Waals surface area contributed by atoms with Crippen LogP contribution in [-0.4, -0.2) is 13.3 Å². The summed E-state index contributed by atoms with van der Waals surface area (Å²) in [6, 6.07) is 16.7. The van der Waals surface area contributed by atoms with Crippen LogP contribution in [0.5, 0.6) is 0 Å². The van der Waals surface area contributed by atoms with E-state index in [9.17, 15) is 0 Å². The summed E-state index contributed by atoms with van der Waals surface area (Å²) in [6.07, 6.45) is 1.89. The van der Waals surface area contributed by atoms with Crippen LogP contribution in [0.15, 0.2) is 53.5 Å². The van der Waals surface area contributed by atoms with Crippen LogP contribution in [-0.2, 0) is 6.54 Å². The molecule has 0 bridgehead atoms. The zero-order valence-corrected chi connectivity index (χ0v) is 10.9. The fraction of sp³-hybridized carbons (Fsp3) is 0.188. The van der Waals surface area contributed by atoms with Crippen molar-refractivity contribution in [2.75, 3.05) is 12.4 Å². The molecule has 92 valence electrons. The normalized spacial score (nSPS) is 10.8. The van der Waals surface area contributed by atoms with Gasteiger partial charge in [-0.3, -0.25) is 4.99 Å². The molecule has 0 atom stereocenters. The third-order valence-corrected chi connectivity index (χ3v) is 2.88. The highest BCUT2D eigenvalue weighted by Gasteiger charge is 1.98. The van der Waals surface area contributed by atoms with Crippen molar-refractivity contribution in [3.63, 3.8) is 0 Å². The molecule has 2 aromatic carbocycles. The lowest BCUT2D eigenvalue weighted by molar-refractivity contribution is 1.15. The molecule has 0 unspecified atom stereocenters. The minimum Gasteiger partial charge on any atom is -0.381 e. The largest absolute Gasteiger partial charge is 0.381 e. The molecule has 0 aliphatic rings. The summed E-state index contributed by atoms with van der Waals surface area (Å²) in [5, 5.41) is 3.43. The molecule has 2 rings (SSSR count). The van der Waals surface area contributed by atoms with Gasteiger partial charge in [-0.05, 0) is 35.7 Å². The Morgan fingerprint density at radius 2 is 1.89 bits per heavy atom. The first-order valence-electron chi connectivity index (χ1n) is 6.10. The van der Waals surface area contributed by atoms with Crippen molar-refractivity contribution in [3.8, 4) is 0 Å². The van der Waals surface area contributed by atoms with E-state index in [0.717, 1.165) is 12.2 Å². The summed E-state index contributed by atoms with van der Waals surface area (Å²) in [7, 11) is 1.79. The Morgan fingerprint density at radius 1 is 1.11 bits per heavy atom. The molecule has 0 spiro atoms. The minimum atomic E-state index is 0.849. The number of rotatable bonds is 4. The first kappa shape index (κ1) is 12.4. The van der Waals surface area contributed by atoms with Gasteiger partial charge >= 0.3 is 0 Å². The van der Waals surface area contributed by atoms with Crippen LogP contribution in [0.3, 0.4) is 0 Å². The molecule has 0 amide bonds. The average Bonchev–Trinajstić information content (AvgIpc) is 2.41. The Morgan fingerprint density at radius 3 is 2.56 bits per heavy atom. The fourth-order valence-electron chi connectivity index (χ4n) is 1.87. The van der Waals surface area contributed by atoms with Gasteiger partial charge in [-0.15, -0.1) is 0 Å².